The van der Waals surface area contributed by atoms with E-state index in [1.807, 2.05) is 24.3 Å². The van der Waals surface area contributed by atoms with Gasteiger partial charge < -0.3 is 14.6 Å². The molecule has 3 aromatic rings. The van der Waals surface area contributed by atoms with Crippen LogP contribution in [0.4, 0.5) is 0 Å². The molecule has 4 rings (SSSR count). The van der Waals surface area contributed by atoms with Gasteiger partial charge in [-0.25, -0.2) is 4.98 Å². The first-order valence-corrected chi connectivity index (χ1v) is 9.51. The molecule has 144 valence electrons. The van der Waals surface area contributed by atoms with Gasteiger partial charge in [0.05, 0.1) is 6.54 Å². The second-order valence-electron chi connectivity index (χ2n) is 6.72. The lowest BCUT2D eigenvalue weighted by Crippen LogP contribution is -2.43. The van der Waals surface area contributed by atoms with E-state index in [-0.39, 0.29) is 24.1 Å². The number of rotatable bonds is 4. The highest BCUT2D eigenvalue weighted by atomic mass is 35.5. The molecule has 0 aliphatic carbocycles. The van der Waals surface area contributed by atoms with Gasteiger partial charge in [0, 0.05) is 30.2 Å². The number of pyridine rings is 1. The average Bonchev–Trinajstić information content (AvgIpc) is 3.16. The van der Waals surface area contributed by atoms with E-state index in [1.165, 1.54) is 12.3 Å². The highest BCUT2D eigenvalue weighted by Crippen LogP contribution is 2.29. The summed E-state index contributed by atoms with van der Waals surface area (Å²) in [5, 5.41) is 3.03. The van der Waals surface area contributed by atoms with Crippen molar-refractivity contribution < 1.29 is 14.0 Å². The quantitative estimate of drug-likeness (QED) is 0.729. The number of oxazole rings is 1. The van der Waals surface area contributed by atoms with Crippen molar-refractivity contribution in [3.05, 3.63) is 59.2 Å². The number of hydrogen-bond acceptors (Lipinski definition) is 5. The number of nitrogens with zero attached hydrogens (tertiary/aromatic N) is 3. The van der Waals surface area contributed by atoms with Gasteiger partial charge in [-0.05, 0) is 37.1 Å². The largest absolute Gasteiger partial charge is 0.440 e. The Labute approximate surface area is 166 Å². The average molecular weight is 399 g/mol. The van der Waals surface area contributed by atoms with E-state index in [2.05, 4.69) is 15.3 Å². The fraction of sp³-hybridized carbons (Fsp3) is 0.300. The molecule has 2 amide bonds. The Hall–Kier alpha value is -2.93. The number of benzene rings is 1. The minimum atomic E-state index is -0.419. The predicted octanol–water partition coefficient (Wildman–Crippen LogP) is 3.01. The number of para-hydroxylation sites is 2. The van der Waals surface area contributed by atoms with Crippen LogP contribution in [0.15, 0.2) is 47.0 Å². The molecule has 0 saturated carbocycles. The Bertz CT molecular complexity index is 978. The SMILES string of the molecule is O=C(NCC(=O)N1CCC(c2nc3ccccc3o2)CC1)c1cc(Cl)ccn1. The zero-order valence-corrected chi connectivity index (χ0v) is 15.9. The maximum absolute atomic E-state index is 12.4. The lowest BCUT2D eigenvalue weighted by molar-refractivity contribution is -0.131. The molecule has 1 aliphatic heterocycles. The van der Waals surface area contributed by atoms with E-state index in [4.69, 9.17) is 16.0 Å². The number of hydrogen-bond donors (Lipinski definition) is 1. The number of amides is 2. The fourth-order valence-corrected chi connectivity index (χ4v) is 3.49. The van der Waals surface area contributed by atoms with Crippen LogP contribution in [0.25, 0.3) is 11.1 Å². The molecule has 1 fully saturated rings. The first-order chi connectivity index (χ1) is 13.6. The lowest BCUT2D eigenvalue weighted by Gasteiger charge is -2.30. The molecule has 2 aromatic heterocycles. The molecule has 8 heteroatoms. The summed E-state index contributed by atoms with van der Waals surface area (Å²) in [4.78, 5) is 34.8. The Morgan fingerprint density at radius 2 is 2.00 bits per heavy atom. The van der Waals surface area contributed by atoms with Crippen molar-refractivity contribution in [2.45, 2.75) is 18.8 Å². The van der Waals surface area contributed by atoms with Crippen molar-refractivity contribution in [2.75, 3.05) is 19.6 Å². The van der Waals surface area contributed by atoms with Crippen LogP contribution in [0.1, 0.15) is 35.1 Å². The summed E-state index contributed by atoms with van der Waals surface area (Å²) < 4.78 is 5.85. The number of fused-ring (bicyclic) bond motifs is 1. The smallest absolute Gasteiger partial charge is 0.270 e. The molecule has 1 aromatic carbocycles. The summed E-state index contributed by atoms with van der Waals surface area (Å²) in [5.41, 5.74) is 1.83. The molecule has 1 saturated heterocycles. The zero-order valence-electron chi connectivity index (χ0n) is 15.1. The van der Waals surface area contributed by atoms with Crippen LogP contribution in [-0.2, 0) is 4.79 Å². The van der Waals surface area contributed by atoms with Crippen molar-refractivity contribution in [2.24, 2.45) is 0 Å². The maximum Gasteiger partial charge on any atom is 0.270 e. The summed E-state index contributed by atoms with van der Waals surface area (Å²) in [6.45, 7) is 1.14. The summed E-state index contributed by atoms with van der Waals surface area (Å²) in [6, 6.07) is 10.7. The van der Waals surface area contributed by atoms with Gasteiger partial charge in [-0.15, -0.1) is 0 Å². The molecule has 0 bridgehead atoms. The van der Waals surface area contributed by atoms with E-state index in [0.717, 1.165) is 29.8 Å². The van der Waals surface area contributed by atoms with Crippen molar-refractivity contribution in [1.82, 2.24) is 20.2 Å². The van der Waals surface area contributed by atoms with Crippen molar-refractivity contribution in [1.29, 1.82) is 0 Å². The lowest BCUT2D eigenvalue weighted by atomic mass is 9.97. The number of carbonyl (C=O) groups is 2. The topological polar surface area (TPSA) is 88.3 Å². The summed E-state index contributed by atoms with van der Waals surface area (Å²) >= 11 is 5.86. The van der Waals surface area contributed by atoms with Crippen LogP contribution in [0.2, 0.25) is 5.02 Å². The van der Waals surface area contributed by atoms with Gasteiger partial charge in [-0.2, -0.15) is 0 Å². The van der Waals surface area contributed by atoms with Gasteiger partial charge in [0.1, 0.15) is 11.2 Å². The predicted molar refractivity (Wildman–Crippen MR) is 104 cm³/mol. The second-order valence-corrected chi connectivity index (χ2v) is 7.15. The molecule has 0 unspecified atom stereocenters. The van der Waals surface area contributed by atoms with Gasteiger partial charge in [-0.1, -0.05) is 23.7 Å². The van der Waals surface area contributed by atoms with Crippen LogP contribution in [-0.4, -0.2) is 46.3 Å². The zero-order chi connectivity index (χ0) is 19.5. The molecule has 1 aliphatic rings. The molecule has 28 heavy (non-hydrogen) atoms. The Balaban J connectivity index is 1.29. The summed E-state index contributed by atoms with van der Waals surface area (Å²) in [7, 11) is 0. The van der Waals surface area contributed by atoms with E-state index >= 15 is 0 Å². The summed E-state index contributed by atoms with van der Waals surface area (Å²) in [5.74, 6) is 0.388. The highest BCUT2D eigenvalue weighted by Gasteiger charge is 2.27. The van der Waals surface area contributed by atoms with Crippen LogP contribution in [0.5, 0.6) is 0 Å². The monoisotopic (exact) mass is 398 g/mol. The molecule has 0 atom stereocenters. The van der Waals surface area contributed by atoms with E-state index in [1.54, 1.807) is 11.0 Å². The minimum Gasteiger partial charge on any atom is -0.440 e. The van der Waals surface area contributed by atoms with Crippen molar-refractivity contribution >= 4 is 34.5 Å². The number of aromatic nitrogens is 2. The number of halogens is 1. The molecule has 0 radical (unpaired) electrons. The van der Waals surface area contributed by atoms with Crippen LogP contribution in [0, 0.1) is 0 Å². The molecule has 1 N–H and O–H groups in total. The first kappa shape index (κ1) is 18.4. The molecular weight excluding hydrogens is 380 g/mol. The minimum absolute atomic E-state index is 0.0689. The number of piperidine rings is 1. The van der Waals surface area contributed by atoms with Crippen LogP contribution >= 0.6 is 11.6 Å². The van der Waals surface area contributed by atoms with Crippen LogP contribution in [0.3, 0.4) is 0 Å². The Kier molecular flexibility index (Phi) is 5.25. The molecule has 0 spiro atoms. The van der Waals surface area contributed by atoms with Crippen LogP contribution < -0.4 is 5.32 Å². The van der Waals surface area contributed by atoms with Gasteiger partial charge in [0.25, 0.3) is 5.91 Å². The fourth-order valence-electron chi connectivity index (χ4n) is 3.33. The third kappa shape index (κ3) is 3.99. The van der Waals surface area contributed by atoms with E-state index < -0.39 is 5.91 Å². The maximum atomic E-state index is 12.4. The van der Waals surface area contributed by atoms with Gasteiger partial charge >= 0.3 is 0 Å². The summed E-state index contributed by atoms with van der Waals surface area (Å²) in [6.07, 6.45) is 3.01. The van der Waals surface area contributed by atoms with Crippen molar-refractivity contribution in [3.8, 4) is 0 Å². The Morgan fingerprint density at radius 1 is 1.21 bits per heavy atom. The number of likely N-dealkylation sites (tertiary alicyclic amines) is 1. The van der Waals surface area contributed by atoms with E-state index in [0.29, 0.717) is 18.1 Å². The third-order valence-corrected chi connectivity index (χ3v) is 5.10. The van der Waals surface area contributed by atoms with Crippen molar-refractivity contribution in [3.63, 3.8) is 0 Å². The van der Waals surface area contributed by atoms with E-state index in [9.17, 15) is 9.59 Å². The second kappa shape index (κ2) is 7.98. The highest BCUT2D eigenvalue weighted by molar-refractivity contribution is 6.30. The number of carbonyl (C=O) groups excluding carboxylic acids is 2. The normalized spacial score (nSPS) is 15.0. The number of nitrogens with one attached hydrogen (secondary N) is 1. The van der Waals surface area contributed by atoms with Gasteiger partial charge in [0.2, 0.25) is 5.91 Å². The third-order valence-electron chi connectivity index (χ3n) is 4.86. The Morgan fingerprint density at radius 3 is 2.75 bits per heavy atom. The molecular formula is C20H19ClN4O3. The van der Waals surface area contributed by atoms with Gasteiger partial charge in [0.15, 0.2) is 11.5 Å². The first-order valence-electron chi connectivity index (χ1n) is 9.13. The van der Waals surface area contributed by atoms with Gasteiger partial charge in [-0.3, -0.25) is 14.6 Å². The molecule has 7 nitrogen and oxygen atoms in total. The molecule has 3 heterocycles. The standard InChI is InChI=1S/C20H19ClN4O3/c21-14-5-8-22-16(11-14)19(27)23-12-18(26)25-9-6-13(7-10-25)20-24-15-3-1-2-4-17(15)28-20/h1-5,8,11,13H,6-7,9-10,12H2,(H,23,27).